The average molecular weight is 487 g/mol. The number of nitrogens with zero attached hydrogens (tertiary/aromatic N) is 5. The summed E-state index contributed by atoms with van der Waals surface area (Å²) in [5, 5.41) is 35.2. The molecule has 3 aromatic carbocycles. The standard InChI is InChI=1S/C24H18N6O4S/c31-23(32)20(14-17-6-4-5-9-22(17)30(33)34)28-29-24-25-21(15-35-24)16-10-12-19(13-11-16)27-26-18-7-2-1-3-8-18/h1-13,15H,14H2,(H,25,29)(H,31,32)/b27-26+,28-20+. The number of aromatic nitrogens is 1. The largest absolute Gasteiger partial charge is 0.477 e. The number of carboxylic acids is 1. The number of hydrogen-bond acceptors (Lipinski definition) is 9. The normalized spacial score (nSPS) is 11.5. The molecule has 0 radical (unpaired) electrons. The van der Waals surface area contributed by atoms with Gasteiger partial charge < -0.3 is 5.11 Å². The number of hydrogen-bond donors (Lipinski definition) is 2. The monoisotopic (exact) mass is 486 g/mol. The van der Waals surface area contributed by atoms with Gasteiger partial charge in [-0.1, -0.05) is 48.5 Å². The molecule has 0 amide bonds. The van der Waals surface area contributed by atoms with Crippen molar-refractivity contribution in [2.45, 2.75) is 6.42 Å². The highest BCUT2D eigenvalue weighted by molar-refractivity contribution is 7.14. The number of anilines is 1. The second-order valence-electron chi connectivity index (χ2n) is 7.16. The molecule has 35 heavy (non-hydrogen) atoms. The smallest absolute Gasteiger partial charge is 0.352 e. The van der Waals surface area contributed by atoms with Crippen molar-refractivity contribution >= 4 is 45.2 Å². The van der Waals surface area contributed by atoms with Crippen LogP contribution in [0.3, 0.4) is 0 Å². The zero-order chi connectivity index (χ0) is 24.6. The number of nitro groups is 1. The average Bonchev–Trinajstić information content (AvgIpc) is 3.35. The molecule has 1 aromatic heterocycles. The van der Waals surface area contributed by atoms with Crippen molar-refractivity contribution in [1.82, 2.24) is 4.98 Å². The van der Waals surface area contributed by atoms with Crippen molar-refractivity contribution in [2.24, 2.45) is 15.3 Å². The van der Waals surface area contributed by atoms with Gasteiger partial charge in [0.05, 0.1) is 22.0 Å². The van der Waals surface area contributed by atoms with Crippen LogP contribution in [0.5, 0.6) is 0 Å². The number of hydrazone groups is 1. The van der Waals surface area contributed by atoms with Gasteiger partial charge in [-0.3, -0.25) is 15.5 Å². The number of para-hydroxylation sites is 1. The minimum Gasteiger partial charge on any atom is -0.477 e. The molecule has 0 bridgehead atoms. The van der Waals surface area contributed by atoms with E-state index in [0.717, 1.165) is 11.3 Å². The number of carbonyl (C=O) groups is 1. The van der Waals surface area contributed by atoms with E-state index in [1.54, 1.807) is 11.4 Å². The fraction of sp³-hybridized carbons (Fsp3) is 0.0417. The number of aliphatic carboxylic acids is 1. The molecule has 11 heteroatoms. The summed E-state index contributed by atoms with van der Waals surface area (Å²) in [6.45, 7) is 0. The van der Waals surface area contributed by atoms with Crippen LogP contribution in [-0.2, 0) is 11.2 Å². The molecule has 1 heterocycles. The van der Waals surface area contributed by atoms with Crippen molar-refractivity contribution < 1.29 is 14.8 Å². The Morgan fingerprint density at radius 1 is 0.971 bits per heavy atom. The highest BCUT2D eigenvalue weighted by Gasteiger charge is 2.18. The second-order valence-corrected chi connectivity index (χ2v) is 8.02. The van der Waals surface area contributed by atoms with Gasteiger partial charge in [0.1, 0.15) is 5.71 Å². The summed E-state index contributed by atoms with van der Waals surface area (Å²) < 4.78 is 0. The highest BCUT2D eigenvalue weighted by atomic mass is 32.1. The number of rotatable bonds is 9. The molecule has 0 aliphatic rings. The summed E-state index contributed by atoms with van der Waals surface area (Å²) in [6, 6.07) is 22.7. The van der Waals surface area contributed by atoms with E-state index in [9.17, 15) is 20.0 Å². The molecule has 0 saturated carbocycles. The van der Waals surface area contributed by atoms with Gasteiger partial charge in [-0.25, -0.2) is 9.78 Å². The molecular weight excluding hydrogens is 468 g/mol. The third-order valence-corrected chi connectivity index (χ3v) is 5.53. The van der Waals surface area contributed by atoms with E-state index in [4.69, 9.17) is 0 Å². The van der Waals surface area contributed by atoms with Gasteiger partial charge in [-0.15, -0.1) is 11.3 Å². The zero-order valence-corrected chi connectivity index (χ0v) is 18.9. The number of nitrogens with one attached hydrogen (secondary N) is 1. The van der Waals surface area contributed by atoms with E-state index in [-0.39, 0.29) is 23.4 Å². The van der Waals surface area contributed by atoms with Gasteiger partial charge in [0.2, 0.25) is 5.13 Å². The first-order chi connectivity index (χ1) is 17.0. The number of thiazole rings is 1. The molecule has 0 fully saturated rings. The van der Waals surface area contributed by atoms with E-state index in [2.05, 4.69) is 25.7 Å². The van der Waals surface area contributed by atoms with Crippen LogP contribution in [0, 0.1) is 10.1 Å². The van der Waals surface area contributed by atoms with Crippen molar-refractivity contribution in [3.05, 3.63) is 99.9 Å². The SMILES string of the molecule is O=C(O)/C(Cc1ccccc1[N+](=O)[O-])=N/Nc1nc(-c2ccc(/N=N/c3ccccc3)cc2)cs1. The molecule has 0 saturated heterocycles. The maximum atomic E-state index is 11.6. The van der Waals surface area contributed by atoms with Crippen LogP contribution >= 0.6 is 11.3 Å². The minimum absolute atomic E-state index is 0.162. The quantitative estimate of drug-likeness (QED) is 0.124. The van der Waals surface area contributed by atoms with Crippen molar-refractivity contribution in [3.63, 3.8) is 0 Å². The van der Waals surface area contributed by atoms with Gasteiger partial charge in [-0.2, -0.15) is 15.3 Å². The van der Waals surface area contributed by atoms with Crippen LogP contribution in [0.1, 0.15) is 5.56 Å². The van der Waals surface area contributed by atoms with Gasteiger partial charge in [0.15, 0.2) is 0 Å². The van der Waals surface area contributed by atoms with Gasteiger partial charge in [0.25, 0.3) is 5.69 Å². The molecule has 4 aromatic rings. The van der Waals surface area contributed by atoms with Crippen molar-refractivity contribution in [1.29, 1.82) is 0 Å². The van der Waals surface area contributed by atoms with Gasteiger partial charge in [0, 0.05) is 29.0 Å². The predicted molar refractivity (Wildman–Crippen MR) is 134 cm³/mol. The van der Waals surface area contributed by atoms with E-state index >= 15 is 0 Å². The van der Waals surface area contributed by atoms with Crippen molar-refractivity contribution in [2.75, 3.05) is 5.43 Å². The number of nitro benzene ring substituents is 1. The number of carboxylic acid groups (broad SMARTS) is 1. The van der Waals surface area contributed by atoms with Crippen molar-refractivity contribution in [3.8, 4) is 11.3 Å². The summed E-state index contributed by atoms with van der Waals surface area (Å²) in [5.74, 6) is -1.28. The minimum atomic E-state index is -1.28. The lowest BCUT2D eigenvalue weighted by Crippen LogP contribution is -2.18. The Kier molecular flexibility index (Phi) is 7.28. The molecule has 174 valence electrons. The Bertz CT molecular complexity index is 1400. The molecule has 0 unspecified atom stereocenters. The lowest BCUT2D eigenvalue weighted by molar-refractivity contribution is -0.385. The maximum Gasteiger partial charge on any atom is 0.352 e. The van der Waals surface area contributed by atoms with Crippen LogP contribution < -0.4 is 5.43 Å². The third kappa shape index (κ3) is 6.18. The van der Waals surface area contributed by atoms with Crippen LogP contribution in [0.2, 0.25) is 0 Å². The molecule has 0 aliphatic carbocycles. The molecule has 2 N–H and O–H groups in total. The molecule has 4 rings (SSSR count). The summed E-state index contributed by atoms with van der Waals surface area (Å²) in [5.41, 5.74) is 5.43. The van der Waals surface area contributed by atoms with E-state index in [0.29, 0.717) is 16.5 Å². The first-order valence-corrected chi connectivity index (χ1v) is 11.2. The predicted octanol–water partition coefficient (Wildman–Crippen LogP) is 6.23. The highest BCUT2D eigenvalue weighted by Crippen LogP contribution is 2.27. The number of benzene rings is 3. The van der Waals surface area contributed by atoms with Gasteiger partial charge >= 0.3 is 5.97 Å². The molecule has 10 nitrogen and oxygen atoms in total. The Morgan fingerprint density at radius 2 is 1.63 bits per heavy atom. The first kappa shape index (κ1) is 23.4. The fourth-order valence-corrected chi connectivity index (χ4v) is 3.73. The topological polar surface area (TPSA) is 142 Å². The molecular formula is C24H18N6O4S. The first-order valence-electron chi connectivity index (χ1n) is 10.3. The molecule has 0 aliphatic heterocycles. The Balaban J connectivity index is 1.44. The Labute approximate surface area is 203 Å². The lowest BCUT2D eigenvalue weighted by atomic mass is 10.1. The molecule has 0 spiro atoms. The zero-order valence-electron chi connectivity index (χ0n) is 18.1. The Morgan fingerprint density at radius 3 is 2.31 bits per heavy atom. The fourth-order valence-electron chi connectivity index (χ4n) is 3.06. The van der Waals surface area contributed by atoms with Gasteiger partial charge in [-0.05, 0) is 24.3 Å². The van der Waals surface area contributed by atoms with Crippen LogP contribution in [0.4, 0.5) is 22.2 Å². The summed E-state index contributed by atoms with van der Waals surface area (Å²) in [6.07, 6.45) is -0.212. The van der Waals surface area contributed by atoms with E-state index in [1.165, 1.54) is 29.5 Å². The van der Waals surface area contributed by atoms with Crippen LogP contribution in [0.15, 0.2) is 99.6 Å². The number of azo groups is 1. The maximum absolute atomic E-state index is 11.6. The third-order valence-electron chi connectivity index (χ3n) is 4.78. The van der Waals surface area contributed by atoms with Crippen LogP contribution in [0.25, 0.3) is 11.3 Å². The van der Waals surface area contributed by atoms with E-state index < -0.39 is 10.9 Å². The Hall–Kier alpha value is -4.77. The second kappa shape index (κ2) is 10.9. The lowest BCUT2D eigenvalue weighted by Gasteiger charge is -2.04. The van der Waals surface area contributed by atoms with Crippen LogP contribution in [-0.4, -0.2) is 26.7 Å². The molecule has 0 atom stereocenters. The summed E-state index contributed by atoms with van der Waals surface area (Å²) in [7, 11) is 0. The summed E-state index contributed by atoms with van der Waals surface area (Å²) >= 11 is 1.25. The summed E-state index contributed by atoms with van der Waals surface area (Å²) in [4.78, 5) is 26.7. The van der Waals surface area contributed by atoms with E-state index in [1.807, 2.05) is 54.6 Å².